The molecular weight excluding hydrogens is 400 g/mol. The minimum absolute atomic E-state index is 0.0159. The number of carbonyl (C=O) groups is 2. The van der Waals surface area contributed by atoms with Crippen LogP contribution in [0.4, 0.5) is 0 Å². The van der Waals surface area contributed by atoms with Gasteiger partial charge in [-0.1, -0.05) is 57.2 Å². The standard InChI is InChI=1S/C23H28N2O4S/c1-16(17-11-13-18(14-12-17)23(2,3)4)24-21(26)10-7-15-25-22(27)19-8-5-6-9-20(19)30(25,28)29/h5-6,8-9,11-14,16H,7,10,15H2,1-4H3,(H,24,26). The van der Waals surface area contributed by atoms with Crippen LogP contribution in [0.1, 0.15) is 68.1 Å². The molecule has 1 atom stereocenters. The number of nitrogens with one attached hydrogen (secondary N) is 1. The van der Waals surface area contributed by atoms with Gasteiger partial charge in [-0.05, 0) is 42.0 Å². The number of carbonyl (C=O) groups excluding carboxylic acids is 2. The van der Waals surface area contributed by atoms with E-state index in [0.717, 1.165) is 9.87 Å². The average Bonchev–Trinajstić information content (AvgIpc) is 2.88. The third-order valence-electron chi connectivity index (χ3n) is 5.33. The minimum Gasteiger partial charge on any atom is -0.350 e. The number of fused-ring (bicyclic) bond motifs is 1. The largest absolute Gasteiger partial charge is 0.350 e. The van der Waals surface area contributed by atoms with Crippen molar-refractivity contribution < 1.29 is 18.0 Å². The maximum atomic E-state index is 12.5. The van der Waals surface area contributed by atoms with Crippen molar-refractivity contribution in [3.63, 3.8) is 0 Å². The van der Waals surface area contributed by atoms with E-state index in [-0.39, 0.29) is 47.2 Å². The lowest BCUT2D eigenvalue weighted by Gasteiger charge is -2.21. The Morgan fingerprint density at radius 2 is 1.70 bits per heavy atom. The lowest BCUT2D eigenvalue weighted by molar-refractivity contribution is -0.121. The van der Waals surface area contributed by atoms with E-state index in [1.54, 1.807) is 12.1 Å². The third kappa shape index (κ3) is 4.41. The van der Waals surface area contributed by atoms with Crippen LogP contribution < -0.4 is 5.32 Å². The molecule has 0 aliphatic carbocycles. The van der Waals surface area contributed by atoms with Crippen molar-refractivity contribution in [2.75, 3.05) is 6.54 Å². The number of rotatable bonds is 6. The van der Waals surface area contributed by atoms with E-state index in [1.165, 1.54) is 17.7 Å². The first kappa shape index (κ1) is 22.0. The zero-order valence-corrected chi connectivity index (χ0v) is 18.6. The van der Waals surface area contributed by atoms with Gasteiger partial charge >= 0.3 is 0 Å². The van der Waals surface area contributed by atoms with Crippen molar-refractivity contribution in [3.8, 4) is 0 Å². The monoisotopic (exact) mass is 428 g/mol. The van der Waals surface area contributed by atoms with Gasteiger partial charge in [-0.3, -0.25) is 9.59 Å². The molecule has 7 heteroatoms. The van der Waals surface area contributed by atoms with Crippen LogP contribution in [0.5, 0.6) is 0 Å². The molecule has 1 aliphatic rings. The van der Waals surface area contributed by atoms with Crippen molar-refractivity contribution in [3.05, 3.63) is 65.2 Å². The molecule has 1 aliphatic heterocycles. The summed E-state index contributed by atoms with van der Waals surface area (Å²) in [6, 6.07) is 14.2. The first-order chi connectivity index (χ1) is 14.0. The summed E-state index contributed by atoms with van der Waals surface area (Å²) in [5.41, 5.74) is 2.48. The highest BCUT2D eigenvalue weighted by molar-refractivity contribution is 7.90. The van der Waals surface area contributed by atoms with Gasteiger partial charge in [0.05, 0.1) is 11.6 Å². The molecule has 0 saturated heterocycles. The van der Waals surface area contributed by atoms with Gasteiger partial charge in [0.1, 0.15) is 4.90 Å². The lowest BCUT2D eigenvalue weighted by atomic mass is 9.86. The summed E-state index contributed by atoms with van der Waals surface area (Å²) in [4.78, 5) is 24.8. The van der Waals surface area contributed by atoms with Crippen LogP contribution in [0.2, 0.25) is 0 Å². The second-order valence-electron chi connectivity index (χ2n) is 8.64. The van der Waals surface area contributed by atoms with Gasteiger partial charge < -0.3 is 5.32 Å². The summed E-state index contributed by atoms with van der Waals surface area (Å²) in [6.45, 7) is 8.35. The van der Waals surface area contributed by atoms with E-state index in [1.807, 2.05) is 19.1 Å². The molecule has 30 heavy (non-hydrogen) atoms. The highest BCUT2D eigenvalue weighted by Crippen LogP contribution is 2.30. The number of amides is 2. The van der Waals surface area contributed by atoms with E-state index in [2.05, 4.69) is 38.2 Å². The quantitative estimate of drug-likeness (QED) is 0.759. The summed E-state index contributed by atoms with van der Waals surface area (Å²) >= 11 is 0. The van der Waals surface area contributed by atoms with Gasteiger partial charge in [-0.25, -0.2) is 12.7 Å². The van der Waals surface area contributed by atoms with Gasteiger partial charge in [0, 0.05) is 13.0 Å². The number of sulfonamides is 1. The van der Waals surface area contributed by atoms with Crippen LogP contribution in [0.25, 0.3) is 0 Å². The molecule has 0 bridgehead atoms. The average molecular weight is 429 g/mol. The van der Waals surface area contributed by atoms with Crippen LogP contribution >= 0.6 is 0 Å². The maximum absolute atomic E-state index is 12.5. The molecule has 0 spiro atoms. The Labute approximate surface area is 178 Å². The highest BCUT2D eigenvalue weighted by Gasteiger charge is 2.40. The summed E-state index contributed by atoms with van der Waals surface area (Å²) < 4.78 is 25.9. The summed E-state index contributed by atoms with van der Waals surface area (Å²) in [6.07, 6.45) is 0.403. The Bertz CT molecular complexity index is 1050. The first-order valence-electron chi connectivity index (χ1n) is 10.1. The van der Waals surface area contributed by atoms with Gasteiger partial charge in [-0.15, -0.1) is 0 Å². The van der Waals surface area contributed by atoms with Crippen molar-refractivity contribution in [2.45, 2.75) is 56.9 Å². The SMILES string of the molecule is CC(NC(=O)CCCN1C(=O)c2ccccc2S1(=O)=O)c1ccc(C(C)(C)C)cc1. The molecule has 2 aromatic carbocycles. The maximum Gasteiger partial charge on any atom is 0.269 e. The molecule has 2 aromatic rings. The van der Waals surface area contributed by atoms with E-state index in [9.17, 15) is 18.0 Å². The molecule has 0 saturated carbocycles. The Balaban J connectivity index is 1.54. The van der Waals surface area contributed by atoms with Crippen LogP contribution in [-0.2, 0) is 20.2 Å². The second-order valence-corrected chi connectivity index (χ2v) is 10.5. The Morgan fingerprint density at radius 1 is 1.07 bits per heavy atom. The van der Waals surface area contributed by atoms with E-state index in [4.69, 9.17) is 0 Å². The molecule has 1 heterocycles. The fourth-order valence-electron chi connectivity index (χ4n) is 3.50. The smallest absolute Gasteiger partial charge is 0.269 e. The molecule has 160 valence electrons. The van der Waals surface area contributed by atoms with Gasteiger partial charge in [0.25, 0.3) is 15.9 Å². The summed E-state index contributed by atoms with van der Waals surface area (Å²) in [5.74, 6) is -0.706. The molecule has 1 N–H and O–H groups in total. The van der Waals surface area contributed by atoms with Gasteiger partial charge in [-0.2, -0.15) is 0 Å². The molecule has 2 amide bonds. The fraction of sp³-hybridized carbons (Fsp3) is 0.391. The fourth-order valence-corrected chi connectivity index (χ4v) is 5.11. The Kier molecular flexibility index (Phi) is 6.04. The van der Waals surface area contributed by atoms with E-state index in [0.29, 0.717) is 0 Å². The van der Waals surface area contributed by atoms with Crippen LogP contribution in [-0.4, -0.2) is 31.1 Å². The van der Waals surface area contributed by atoms with E-state index < -0.39 is 15.9 Å². The number of benzene rings is 2. The predicted octanol–water partition coefficient (Wildman–Crippen LogP) is 3.79. The highest BCUT2D eigenvalue weighted by atomic mass is 32.2. The topological polar surface area (TPSA) is 83.6 Å². The second kappa shape index (κ2) is 8.22. The van der Waals surface area contributed by atoms with Crippen molar-refractivity contribution in [2.24, 2.45) is 0 Å². The predicted molar refractivity (Wildman–Crippen MR) is 116 cm³/mol. The molecule has 0 aromatic heterocycles. The zero-order chi connectivity index (χ0) is 22.1. The summed E-state index contributed by atoms with van der Waals surface area (Å²) in [5, 5.41) is 2.94. The molecular formula is C23H28N2O4S. The van der Waals surface area contributed by atoms with Crippen molar-refractivity contribution in [1.29, 1.82) is 0 Å². The summed E-state index contributed by atoms with van der Waals surface area (Å²) in [7, 11) is -3.82. The van der Waals surface area contributed by atoms with Gasteiger partial charge in [0.15, 0.2) is 0 Å². The van der Waals surface area contributed by atoms with Crippen LogP contribution in [0.15, 0.2) is 53.4 Å². The Hall–Kier alpha value is -2.67. The van der Waals surface area contributed by atoms with Crippen LogP contribution in [0, 0.1) is 0 Å². The van der Waals surface area contributed by atoms with Crippen molar-refractivity contribution in [1.82, 2.24) is 9.62 Å². The molecule has 0 radical (unpaired) electrons. The first-order valence-corrected chi connectivity index (χ1v) is 11.5. The number of hydrogen-bond acceptors (Lipinski definition) is 4. The number of nitrogens with zero attached hydrogens (tertiary/aromatic N) is 1. The minimum atomic E-state index is -3.82. The molecule has 3 rings (SSSR count). The lowest BCUT2D eigenvalue weighted by Crippen LogP contribution is -2.32. The van der Waals surface area contributed by atoms with Crippen LogP contribution in [0.3, 0.4) is 0 Å². The van der Waals surface area contributed by atoms with Gasteiger partial charge in [0.2, 0.25) is 5.91 Å². The van der Waals surface area contributed by atoms with E-state index >= 15 is 0 Å². The third-order valence-corrected chi connectivity index (χ3v) is 7.17. The zero-order valence-electron chi connectivity index (χ0n) is 17.8. The molecule has 1 unspecified atom stereocenters. The normalized spacial score (nSPS) is 16.3. The van der Waals surface area contributed by atoms with Crippen molar-refractivity contribution >= 4 is 21.8 Å². The molecule has 6 nitrogen and oxygen atoms in total. The molecule has 0 fully saturated rings. The Morgan fingerprint density at radius 3 is 2.30 bits per heavy atom. The number of hydrogen-bond donors (Lipinski definition) is 1.